The lowest BCUT2D eigenvalue weighted by Gasteiger charge is -2.39. The molecule has 4 unspecified atom stereocenters. The van der Waals surface area contributed by atoms with Crippen molar-refractivity contribution >= 4 is 0 Å². The van der Waals surface area contributed by atoms with Crippen molar-refractivity contribution in [3.8, 4) is 5.75 Å². The summed E-state index contributed by atoms with van der Waals surface area (Å²) < 4.78 is 12.2. The molecule has 0 radical (unpaired) electrons. The highest BCUT2D eigenvalue weighted by Crippen LogP contribution is 2.41. The lowest BCUT2D eigenvalue weighted by atomic mass is 9.70. The van der Waals surface area contributed by atoms with Crippen LogP contribution in [0.1, 0.15) is 77.2 Å². The van der Waals surface area contributed by atoms with Gasteiger partial charge in [-0.05, 0) is 61.6 Å². The minimum absolute atomic E-state index is 0.162. The molecule has 2 heteroatoms. The zero-order valence-corrected chi connectivity index (χ0v) is 15.0. The van der Waals surface area contributed by atoms with E-state index in [1.165, 1.54) is 50.5 Å². The van der Waals surface area contributed by atoms with Gasteiger partial charge in [0.15, 0.2) is 6.29 Å². The van der Waals surface area contributed by atoms with Gasteiger partial charge in [-0.3, -0.25) is 0 Å². The average molecular weight is 316 g/mol. The Morgan fingerprint density at radius 1 is 0.870 bits per heavy atom. The van der Waals surface area contributed by atoms with Gasteiger partial charge in [0.2, 0.25) is 0 Å². The summed E-state index contributed by atoms with van der Waals surface area (Å²) in [6.07, 6.45) is 9.75. The van der Waals surface area contributed by atoms with Gasteiger partial charge in [0.1, 0.15) is 5.75 Å². The van der Waals surface area contributed by atoms with E-state index in [4.69, 9.17) is 9.47 Å². The van der Waals surface area contributed by atoms with Crippen LogP contribution in [0, 0.1) is 11.8 Å². The van der Waals surface area contributed by atoms with E-state index in [2.05, 4.69) is 38.1 Å². The smallest absolute Gasteiger partial charge is 0.197 e. The van der Waals surface area contributed by atoms with E-state index in [1.807, 2.05) is 6.92 Å². The fraction of sp³-hybridized carbons (Fsp3) is 0.714. The van der Waals surface area contributed by atoms with Gasteiger partial charge < -0.3 is 9.47 Å². The van der Waals surface area contributed by atoms with E-state index in [0.29, 0.717) is 12.0 Å². The monoisotopic (exact) mass is 316 g/mol. The molecule has 0 spiro atoms. The molecule has 4 atom stereocenters. The Labute approximate surface area is 141 Å². The number of ether oxygens (including phenoxy) is 2. The maximum absolute atomic E-state index is 6.20. The van der Waals surface area contributed by atoms with E-state index in [9.17, 15) is 0 Å². The number of rotatable bonds is 5. The molecule has 2 saturated carbocycles. The molecule has 2 aliphatic carbocycles. The van der Waals surface area contributed by atoms with Gasteiger partial charge in [-0.1, -0.05) is 51.7 Å². The molecular formula is C21H32O2. The van der Waals surface area contributed by atoms with Crippen LogP contribution >= 0.6 is 0 Å². The van der Waals surface area contributed by atoms with Crippen molar-refractivity contribution in [2.24, 2.45) is 11.8 Å². The third-order valence-electron chi connectivity index (χ3n) is 5.72. The predicted octanol–water partition coefficient (Wildman–Crippen LogP) is 5.91. The second-order valence-corrected chi connectivity index (χ2v) is 7.78. The maximum atomic E-state index is 6.20. The maximum Gasteiger partial charge on any atom is 0.197 e. The topological polar surface area (TPSA) is 18.5 Å². The van der Waals surface area contributed by atoms with Crippen LogP contribution in [0.4, 0.5) is 0 Å². The molecule has 1 aromatic carbocycles. The minimum atomic E-state index is -0.162. The first-order valence-electron chi connectivity index (χ1n) is 9.54. The summed E-state index contributed by atoms with van der Waals surface area (Å²) in [7, 11) is 0. The quantitative estimate of drug-likeness (QED) is 0.629. The number of hydrogen-bond donors (Lipinski definition) is 0. The highest BCUT2D eigenvalue weighted by atomic mass is 16.7. The van der Waals surface area contributed by atoms with Gasteiger partial charge in [0.25, 0.3) is 0 Å². The molecule has 0 aliphatic heterocycles. The third kappa shape index (κ3) is 4.50. The summed E-state index contributed by atoms with van der Waals surface area (Å²) in [5.74, 6) is 3.35. The number of fused-ring (bicyclic) bond motifs is 1. The van der Waals surface area contributed by atoms with Crippen LogP contribution in [0.25, 0.3) is 0 Å². The van der Waals surface area contributed by atoms with Crippen LogP contribution in [0.15, 0.2) is 24.3 Å². The molecule has 0 N–H and O–H groups in total. The van der Waals surface area contributed by atoms with E-state index >= 15 is 0 Å². The summed E-state index contributed by atoms with van der Waals surface area (Å²) in [4.78, 5) is 0. The van der Waals surface area contributed by atoms with Gasteiger partial charge in [-0.25, -0.2) is 0 Å². The van der Waals surface area contributed by atoms with Crippen LogP contribution in [0.2, 0.25) is 0 Å². The Balaban J connectivity index is 1.48. The molecule has 0 aromatic heterocycles. The Hall–Kier alpha value is -1.02. The van der Waals surface area contributed by atoms with Gasteiger partial charge in [0, 0.05) is 0 Å². The summed E-state index contributed by atoms with van der Waals surface area (Å²) in [5.41, 5.74) is 1.35. The molecule has 0 saturated heterocycles. The van der Waals surface area contributed by atoms with Crippen molar-refractivity contribution in [2.75, 3.05) is 0 Å². The lowest BCUT2D eigenvalue weighted by molar-refractivity contribution is -0.129. The largest absolute Gasteiger partial charge is 0.465 e. The number of hydrogen-bond acceptors (Lipinski definition) is 2. The third-order valence-corrected chi connectivity index (χ3v) is 5.72. The van der Waals surface area contributed by atoms with Crippen LogP contribution in [-0.2, 0) is 4.74 Å². The predicted molar refractivity (Wildman–Crippen MR) is 94.8 cm³/mol. The first-order valence-corrected chi connectivity index (χ1v) is 9.54. The molecule has 128 valence electrons. The molecular weight excluding hydrogens is 284 g/mol. The van der Waals surface area contributed by atoms with E-state index in [1.54, 1.807) is 0 Å². The average Bonchev–Trinajstić information content (AvgIpc) is 2.55. The van der Waals surface area contributed by atoms with Crippen molar-refractivity contribution in [2.45, 2.75) is 84.0 Å². The van der Waals surface area contributed by atoms with E-state index in [0.717, 1.165) is 17.6 Å². The first-order chi connectivity index (χ1) is 11.1. The van der Waals surface area contributed by atoms with Gasteiger partial charge in [-0.15, -0.1) is 0 Å². The van der Waals surface area contributed by atoms with Gasteiger partial charge in [-0.2, -0.15) is 0 Å². The van der Waals surface area contributed by atoms with E-state index in [-0.39, 0.29) is 6.29 Å². The number of benzene rings is 1. The fourth-order valence-electron chi connectivity index (χ4n) is 4.38. The second kappa shape index (κ2) is 7.70. The van der Waals surface area contributed by atoms with Crippen molar-refractivity contribution < 1.29 is 9.47 Å². The molecule has 0 amide bonds. The molecule has 2 aliphatic rings. The minimum Gasteiger partial charge on any atom is -0.465 e. The Morgan fingerprint density at radius 3 is 2.26 bits per heavy atom. The Morgan fingerprint density at radius 2 is 1.57 bits per heavy atom. The molecule has 0 bridgehead atoms. The molecule has 1 aromatic rings. The van der Waals surface area contributed by atoms with Crippen molar-refractivity contribution in [1.29, 1.82) is 0 Å². The molecule has 2 nitrogen and oxygen atoms in total. The van der Waals surface area contributed by atoms with Crippen LogP contribution in [0.5, 0.6) is 5.75 Å². The summed E-state index contributed by atoms with van der Waals surface area (Å²) >= 11 is 0. The zero-order valence-electron chi connectivity index (χ0n) is 15.0. The molecule has 0 heterocycles. The summed E-state index contributed by atoms with van der Waals surface area (Å²) in [6, 6.07) is 8.43. The van der Waals surface area contributed by atoms with Crippen molar-refractivity contribution in [3.63, 3.8) is 0 Å². The SMILES string of the molecule is CC(Oc1ccc(C(C)C)cc1)OC1CCC2CCCCC2C1. The van der Waals surface area contributed by atoms with Crippen molar-refractivity contribution in [3.05, 3.63) is 29.8 Å². The van der Waals surface area contributed by atoms with Gasteiger partial charge >= 0.3 is 0 Å². The van der Waals surface area contributed by atoms with E-state index < -0.39 is 0 Å². The summed E-state index contributed by atoms with van der Waals surface area (Å²) in [5, 5.41) is 0. The normalized spacial score (nSPS) is 29.1. The summed E-state index contributed by atoms with van der Waals surface area (Å²) in [6.45, 7) is 6.45. The first kappa shape index (κ1) is 16.8. The standard InChI is InChI=1S/C21H32O2/c1-15(2)17-8-11-20(12-9-17)22-16(3)23-21-13-10-18-6-4-5-7-19(18)14-21/h8-9,11-12,15-16,18-19,21H,4-7,10,13-14H2,1-3H3. The molecule has 2 fully saturated rings. The fourth-order valence-corrected chi connectivity index (χ4v) is 4.38. The van der Waals surface area contributed by atoms with Gasteiger partial charge in [0.05, 0.1) is 6.10 Å². The lowest BCUT2D eigenvalue weighted by Crippen LogP contribution is -2.34. The zero-order chi connectivity index (χ0) is 16.2. The van der Waals surface area contributed by atoms with Crippen LogP contribution in [0.3, 0.4) is 0 Å². The van der Waals surface area contributed by atoms with Crippen LogP contribution in [-0.4, -0.2) is 12.4 Å². The molecule has 3 rings (SSSR count). The second-order valence-electron chi connectivity index (χ2n) is 7.78. The Bertz CT molecular complexity index is 479. The van der Waals surface area contributed by atoms with Crippen LogP contribution < -0.4 is 4.74 Å². The highest BCUT2D eigenvalue weighted by Gasteiger charge is 2.33. The molecule has 23 heavy (non-hydrogen) atoms. The Kier molecular flexibility index (Phi) is 5.63. The highest BCUT2D eigenvalue weighted by molar-refractivity contribution is 5.28. The van der Waals surface area contributed by atoms with Crippen molar-refractivity contribution in [1.82, 2.24) is 0 Å².